The van der Waals surface area contributed by atoms with Gasteiger partial charge in [-0.2, -0.15) is 0 Å². The first-order valence-electron chi connectivity index (χ1n) is 10.2. The highest BCUT2D eigenvalue weighted by Crippen LogP contribution is 2.34. The molecule has 4 amide bonds. The summed E-state index contributed by atoms with van der Waals surface area (Å²) in [4.78, 5) is 39.2. The summed E-state index contributed by atoms with van der Waals surface area (Å²) < 4.78 is 2.06. The Morgan fingerprint density at radius 3 is 2.24 bits per heavy atom. The fraction of sp³-hybridized carbons (Fsp3) is 0.160. The third kappa shape index (κ3) is 4.08. The number of benzene rings is 2. The van der Waals surface area contributed by atoms with Crippen LogP contribution < -0.4 is 10.2 Å². The lowest BCUT2D eigenvalue weighted by Gasteiger charge is -2.27. The molecule has 0 radical (unpaired) electrons. The van der Waals surface area contributed by atoms with Gasteiger partial charge in [0.15, 0.2) is 0 Å². The number of carbonyl (C=O) groups excluding carboxylic acids is 3. The van der Waals surface area contributed by atoms with Crippen LogP contribution in [0.1, 0.15) is 28.1 Å². The molecule has 1 aliphatic rings. The number of hydrogen-bond donors (Lipinski definition) is 1. The van der Waals surface area contributed by atoms with Gasteiger partial charge in [0.1, 0.15) is 5.57 Å². The maximum atomic E-state index is 13.2. The largest absolute Gasteiger partial charge is 0.336 e. The van der Waals surface area contributed by atoms with E-state index in [1.165, 1.54) is 12.1 Å². The lowest BCUT2D eigenvalue weighted by atomic mass is 10.1. The summed E-state index contributed by atoms with van der Waals surface area (Å²) in [6, 6.07) is 11.9. The van der Waals surface area contributed by atoms with Gasteiger partial charge in [0, 0.05) is 17.1 Å². The van der Waals surface area contributed by atoms with E-state index in [1.54, 1.807) is 12.1 Å². The standard InChI is InChI=1S/C25H21Cl2N3O3/c1-13-8-14(2)10-18(9-13)29-15(3)11-17(16(29)4)12-19-23(31)28-25(33)30(24(19)32)21-7-5-6-20(26)22(21)27/h5-12H,1-4H3,(H,28,31,33)/b19-12+. The Hall–Kier alpha value is -3.35. The minimum atomic E-state index is -0.882. The number of aryl methyl sites for hydroxylation is 3. The molecule has 2 aromatic carbocycles. The number of rotatable bonds is 3. The number of nitrogens with one attached hydrogen (secondary N) is 1. The Balaban J connectivity index is 1.80. The van der Waals surface area contributed by atoms with Gasteiger partial charge in [0.05, 0.1) is 15.7 Å². The molecule has 8 heteroatoms. The number of halogens is 2. The first-order valence-corrected chi connectivity index (χ1v) is 11.0. The molecule has 0 unspecified atom stereocenters. The summed E-state index contributed by atoms with van der Waals surface area (Å²) in [6.07, 6.45) is 1.50. The molecule has 0 saturated carbocycles. The topological polar surface area (TPSA) is 71.4 Å². The molecule has 168 valence electrons. The van der Waals surface area contributed by atoms with Crippen molar-refractivity contribution in [2.45, 2.75) is 27.7 Å². The van der Waals surface area contributed by atoms with Crippen molar-refractivity contribution < 1.29 is 14.4 Å². The van der Waals surface area contributed by atoms with Crippen LogP contribution in [0.15, 0.2) is 48.0 Å². The van der Waals surface area contributed by atoms with Crippen molar-refractivity contribution in [2.24, 2.45) is 0 Å². The molecule has 3 aromatic rings. The van der Waals surface area contributed by atoms with E-state index in [1.807, 2.05) is 33.8 Å². The van der Waals surface area contributed by atoms with E-state index in [4.69, 9.17) is 23.2 Å². The fourth-order valence-corrected chi connectivity index (χ4v) is 4.49. The maximum absolute atomic E-state index is 13.2. The monoisotopic (exact) mass is 481 g/mol. The normalized spacial score (nSPS) is 15.4. The van der Waals surface area contributed by atoms with Gasteiger partial charge in [0.25, 0.3) is 11.8 Å². The first-order chi connectivity index (χ1) is 15.6. The molecule has 1 fully saturated rings. The average Bonchev–Trinajstić information content (AvgIpc) is 3.00. The molecular formula is C25H21Cl2N3O3. The summed E-state index contributed by atoms with van der Waals surface area (Å²) >= 11 is 12.3. The maximum Gasteiger partial charge on any atom is 0.336 e. The van der Waals surface area contributed by atoms with Gasteiger partial charge < -0.3 is 4.57 Å². The molecule has 1 aliphatic heterocycles. The SMILES string of the molecule is Cc1cc(C)cc(-n2c(C)cc(/C=C3\C(=O)NC(=O)N(c4cccc(Cl)c4Cl)C3=O)c2C)c1. The molecule has 1 aromatic heterocycles. The van der Waals surface area contributed by atoms with Crippen molar-refractivity contribution in [3.05, 3.63) is 86.2 Å². The molecule has 0 aliphatic carbocycles. The molecule has 0 spiro atoms. The van der Waals surface area contributed by atoms with Crippen LogP contribution in [0.25, 0.3) is 11.8 Å². The van der Waals surface area contributed by atoms with Gasteiger partial charge in [-0.3, -0.25) is 14.9 Å². The summed E-state index contributed by atoms with van der Waals surface area (Å²) in [6.45, 7) is 7.94. The van der Waals surface area contributed by atoms with E-state index >= 15 is 0 Å². The lowest BCUT2D eigenvalue weighted by Crippen LogP contribution is -2.54. The zero-order valence-corrected chi connectivity index (χ0v) is 20.0. The molecule has 33 heavy (non-hydrogen) atoms. The van der Waals surface area contributed by atoms with Gasteiger partial charge in [-0.25, -0.2) is 9.69 Å². The number of imide groups is 2. The Bertz CT molecular complexity index is 1350. The van der Waals surface area contributed by atoms with Gasteiger partial charge in [0.2, 0.25) is 0 Å². The van der Waals surface area contributed by atoms with Crippen molar-refractivity contribution in [1.29, 1.82) is 0 Å². The van der Waals surface area contributed by atoms with E-state index < -0.39 is 17.8 Å². The molecule has 0 bridgehead atoms. The molecule has 2 heterocycles. The number of anilines is 1. The van der Waals surface area contributed by atoms with Crippen molar-refractivity contribution in [3.63, 3.8) is 0 Å². The van der Waals surface area contributed by atoms with Crippen LogP contribution in [0.4, 0.5) is 10.5 Å². The summed E-state index contributed by atoms with van der Waals surface area (Å²) in [5.41, 5.74) is 5.68. The Labute approximate surface area is 201 Å². The Morgan fingerprint density at radius 2 is 1.58 bits per heavy atom. The highest BCUT2D eigenvalue weighted by Gasteiger charge is 2.38. The molecule has 0 atom stereocenters. The number of hydrogen-bond acceptors (Lipinski definition) is 3. The number of urea groups is 1. The van der Waals surface area contributed by atoms with E-state index in [0.717, 1.165) is 33.1 Å². The summed E-state index contributed by atoms with van der Waals surface area (Å²) in [5.74, 6) is -1.54. The number of nitrogens with zero attached hydrogens (tertiary/aromatic N) is 2. The first kappa shape index (κ1) is 22.8. The zero-order valence-electron chi connectivity index (χ0n) is 18.5. The Morgan fingerprint density at radius 1 is 0.909 bits per heavy atom. The van der Waals surface area contributed by atoms with Crippen LogP contribution in [0, 0.1) is 27.7 Å². The molecular weight excluding hydrogens is 461 g/mol. The zero-order chi connectivity index (χ0) is 24.0. The molecule has 4 rings (SSSR count). The van der Waals surface area contributed by atoms with Gasteiger partial charge in [-0.1, -0.05) is 35.3 Å². The highest BCUT2D eigenvalue weighted by atomic mass is 35.5. The van der Waals surface area contributed by atoms with Gasteiger partial charge in [-0.05, 0) is 80.8 Å². The van der Waals surface area contributed by atoms with Crippen molar-refractivity contribution in [2.75, 3.05) is 4.90 Å². The average molecular weight is 482 g/mol. The third-order valence-corrected chi connectivity index (χ3v) is 6.32. The third-order valence-electron chi connectivity index (χ3n) is 5.51. The predicted octanol–water partition coefficient (Wildman–Crippen LogP) is 5.68. The summed E-state index contributed by atoms with van der Waals surface area (Å²) in [5, 5.41) is 2.45. The second-order valence-corrected chi connectivity index (χ2v) is 8.82. The smallest absolute Gasteiger partial charge is 0.318 e. The van der Waals surface area contributed by atoms with Crippen molar-refractivity contribution in [3.8, 4) is 5.69 Å². The predicted molar refractivity (Wildman–Crippen MR) is 130 cm³/mol. The number of barbiturate groups is 1. The highest BCUT2D eigenvalue weighted by molar-refractivity contribution is 6.46. The van der Waals surface area contributed by atoms with Crippen LogP contribution >= 0.6 is 23.2 Å². The van der Waals surface area contributed by atoms with Crippen molar-refractivity contribution >= 4 is 52.8 Å². The van der Waals surface area contributed by atoms with E-state index in [9.17, 15) is 14.4 Å². The van der Waals surface area contributed by atoms with Gasteiger partial charge >= 0.3 is 6.03 Å². The number of amides is 4. The van der Waals surface area contributed by atoms with E-state index in [-0.39, 0.29) is 21.3 Å². The fourth-order valence-electron chi connectivity index (χ4n) is 4.11. The van der Waals surface area contributed by atoms with Crippen LogP contribution in [-0.2, 0) is 9.59 Å². The Kier molecular flexibility index (Phi) is 5.91. The minimum absolute atomic E-state index is 0.0457. The van der Waals surface area contributed by atoms with Crippen molar-refractivity contribution in [1.82, 2.24) is 9.88 Å². The van der Waals surface area contributed by atoms with Crippen LogP contribution in [-0.4, -0.2) is 22.4 Å². The van der Waals surface area contributed by atoms with Gasteiger partial charge in [-0.15, -0.1) is 0 Å². The summed E-state index contributed by atoms with van der Waals surface area (Å²) in [7, 11) is 0. The second kappa shape index (κ2) is 8.54. The quantitative estimate of drug-likeness (QED) is 0.386. The molecule has 6 nitrogen and oxygen atoms in total. The molecule has 1 N–H and O–H groups in total. The van der Waals surface area contributed by atoms with Crippen LogP contribution in [0.5, 0.6) is 0 Å². The molecule has 1 saturated heterocycles. The van der Waals surface area contributed by atoms with Crippen LogP contribution in [0.3, 0.4) is 0 Å². The number of carbonyl (C=O) groups is 3. The van der Waals surface area contributed by atoms with Crippen LogP contribution in [0.2, 0.25) is 10.0 Å². The lowest BCUT2D eigenvalue weighted by molar-refractivity contribution is -0.122. The van der Waals surface area contributed by atoms with E-state index in [2.05, 4.69) is 28.1 Å². The second-order valence-electron chi connectivity index (χ2n) is 8.04. The number of aromatic nitrogens is 1. The minimum Gasteiger partial charge on any atom is -0.318 e. The van der Waals surface area contributed by atoms with E-state index in [0.29, 0.717) is 5.56 Å².